The fraction of sp³-hybridized carbons (Fsp3) is 0.308. The highest BCUT2D eigenvalue weighted by atomic mass is 32.1. The van der Waals surface area contributed by atoms with Crippen molar-refractivity contribution in [3.8, 4) is 0 Å². The molecule has 0 saturated carbocycles. The van der Waals surface area contributed by atoms with E-state index in [9.17, 15) is 0 Å². The van der Waals surface area contributed by atoms with Gasteiger partial charge in [-0.05, 0) is 25.3 Å². The van der Waals surface area contributed by atoms with Gasteiger partial charge in [0.25, 0.3) is 0 Å². The van der Waals surface area contributed by atoms with E-state index in [0.717, 1.165) is 21.0 Å². The lowest BCUT2D eigenvalue weighted by molar-refractivity contribution is 0.862. The number of hydrogen-bond donors (Lipinski definition) is 2. The third-order valence-corrected chi connectivity index (χ3v) is 4.81. The van der Waals surface area contributed by atoms with E-state index in [1.807, 2.05) is 24.7 Å². The number of anilines is 2. The van der Waals surface area contributed by atoms with Crippen molar-refractivity contribution in [1.82, 2.24) is 15.0 Å². The summed E-state index contributed by atoms with van der Waals surface area (Å²) in [6.45, 7) is 4.16. The molecule has 1 atom stereocenters. The van der Waals surface area contributed by atoms with Crippen LogP contribution in [0.25, 0.3) is 10.2 Å². The maximum absolute atomic E-state index is 4.51. The SMILES string of the molecule is CNc1nc(NC(C)c2ncc(C)s2)c2ccsc2n1. The standard InChI is InChI=1S/C13H15N5S2/c1-7-6-15-11(20-7)8(2)16-10-9-4-5-19-12(9)18-13(14-3)17-10/h4-6,8H,1-3H3,(H2,14,16,17,18). The molecule has 0 saturated heterocycles. The minimum absolute atomic E-state index is 0.122. The van der Waals surface area contributed by atoms with Gasteiger partial charge in [0.15, 0.2) is 0 Å². The summed E-state index contributed by atoms with van der Waals surface area (Å²) in [6, 6.07) is 2.16. The predicted molar refractivity (Wildman–Crippen MR) is 85.9 cm³/mol. The molecule has 3 aromatic rings. The van der Waals surface area contributed by atoms with Crippen LogP contribution in [-0.2, 0) is 0 Å². The predicted octanol–water partition coefficient (Wildman–Crippen LogP) is 3.67. The van der Waals surface area contributed by atoms with Crippen LogP contribution in [-0.4, -0.2) is 22.0 Å². The molecular weight excluding hydrogens is 290 g/mol. The number of thiophene rings is 1. The number of aromatic nitrogens is 3. The molecule has 1 unspecified atom stereocenters. The average Bonchev–Trinajstić information content (AvgIpc) is 3.06. The molecule has 104 valence electrons. The topological polar surface area (TPSA) is 62.7 Å². The molecule has 0 bridgehead atoms. The van der Waals surface area contributed by atoms with Gasteiger partial charge in [0.1, 0.15) is 15.7 Å². The summed E-state index contributed by atoms with van der Waals surface area (Å²) >= 11 is 3.32. The molecule has 0 fully saturated rings. The van der Waals surface area contributed by atoms with E-state index in [-0.39, 0.29) is 6.04 Å². The first-order valence-electron chi connectivity index (χ1n) is 6.29. The Labute approximate surface area is 125 Å². The Bertz CT molecular complexity index is 733. The first-order valence-corrected chi connectivity index (χ1v) is 7.99. The molecule has 3 rings (SSSR count). The summed E-state index contributed by atoms with van der Waals surface area (Å²) < 4.78 is 0. The van der Waals surface area contributed by atoms with Gasteiger partial charge in [0, 0.05) is 18.1 Å². The Morgan fingerprint density at radius 1 is 1.30 bits per heavy atom. The Hall–Kier alpha value is -1.73. The number of nitrogens with zero attached hydrogens (tertiary/aromatic N) is 3. The lowest BCUT2D eigenvalue weighted by Gasteiger charge is -2.13. The summed E-state index contributed by atoms with van der Waals surface area (Å²) in [5.74, 6) is 1.48. The molecule has 0 aliphatic rings. The molecule has 0 amide bonds. The van der Waals surface area contributed by atoms with Crippen LogP contribution in [0.1, 0.15) is 22.9 Å². The quantitative estimate of drug-likeness (QED) is 0.770. The summed E-state index contributed by atoms with van der Waals surface area (Å²) in [4.78, 5) is 15.6. The van der Waals surface area contributed by atoms with E-state index in [2.05, 4.69) is 39.4 Å². The second-order valence-electron chi connectivity index (χ2n) is 4.46. The minimum Gasteiger partial charge on any atom is -0.360 e. The monoisotopic (exact) mass is 305 g/mol. The third-order valence-electron chi connectivity index (χ3n) is 2.91. The van der Waals surface area contributed by atoms with Crippen LogP contribution in [0, 0.1) is 6.92 Å². The molecule has 3 heterocycles. The molecule has 0 aromatic carbocycles. The van der Waals surface area contributed by atoms with E-state index in [4.69, 9.17) is 0 Å². The molecule has 5 nitrogen and oxygen atoms in total. The molecule has 3 aromatic heterocycles. The van der Waals surface area contributed by atoms with Crippen LogP contribution in [0.2, 0.25) is 0 Å². The van der Waals surface area contributed by atoms with Crippen molar-refractivity contribution in [2.75, 3.05) is 17.7 Å². The number of nitrogens with one attached hydrogen (secondary N) is 2. The number of thiazole rings is 1. The van der Waals surface area contributed by atoms with Crippen molar-refractivity contribution >= 4 is 44.7 Å². The number of rotatable bonds is 4. The largest absolute Gasteiger partial charge is 0.360 e. The maximum Gasteiger partial charge on any atom is 0.225 e. The van der Waals surface area contributed by atoms with E-state index in [1.54, 1.807) is 22.7 Å². The van der Waals surface area contributed by atoms with E-state index in [1.165, 1.54) is 4.88 Å². The van der Waals surface area contributed by atoms with Gasteiger partial charge < -0.3 is 10.6 Å². The molecule has 0 spiro atoms. The number of fused-ring (bicyclic) bond motifs is 1. The van der Waals surface area contributed by atoms with Crippen LogP contribution in [0.4, 0.5) is 11.8 Å². The Kier molecular flexibility index (Phi) is 3.54. The van der Waals surface area contributed by atoms with E-state index in [0.29, 0.717) is 5.95 Å². The van der Waals surface area contributed by atoms with E-state index < -0.39 is 0 Å². The summed E-state index contributed by atoms with van der Waals surface area (Å²) in [5, 5.41) is 10.6. The van der Waals surface area contributed by atoms with Crippen molar-refractivity contribution < 1.29 is 0 Å². The second kappa shape index (κ2) is 5.34. The molecule has 0 radical (unpaired) electrons. The van der Waals surface area contributed by atoms with Crippen LogP contribution in [0.15, 0.2) is 17.6 Å². The van der Waals surface area contributed by atoms with Gasteiger partial charge >= 0.3 is 0 Å². The van der Waals surface area contributed by atoms with Gasteiger partial charge in [0.05, 0.1) is 11.4 Å². The maximum atomic E-state index is 4.51. The van der Waals surface area contributed by atoms with Gasteiger partial charge in [0.2, 0.25) is 5.95 Å². The zero-order valence-corrected chi connectivity index (χ0v) is 13.1. The Balaban J connectivity index is 1.95. The highest BCUT2D eigenvalue weighted by Crippen LogP contribution is 2.30. The zero-order valence-electron chi connectivity index (χ0n) is 11.5. The highest BCUT2D eigenvalue weighted by Gasteiger charge is 2.14. The normalized spacial score (nSPS) is 12.6. The summed E-state index contributed by atoms with van der Waals surface area (Å²) in [7, 11) is 1.83. The van der Waals surface area contributed by atoms with Crippen molar-refractivity contribution in [2.45, 2.75) is 19.9 Å². The fourth-order valence-electron chi connectivity index (χ4n) is 1.92. The molecule has 20 heavy (non-hydrogen) atoms. The second-order valence-corrected chi connectivity index (χ2v) is 6.62. The molecular formula is C13H15N5S2. The molecule has 0 aliphatic carbocycles. The highest BCUT2D eigenvalue weighted by molar-refractivity contribution is 7.16. The van der Waals surface area contributed by atoms with Crippen LogP contribution >= 0.6 is 22.7 Å². The van der Waals surface area contributed by atoms with Crippen LogP contribution < -0.4 is 10.6 Å². The lowest BCUT2D eigenvalue weighted by atomic mass is 10.3. The van der Waals surface area contributed by atoms with Gasteiger partial charge in [-0.2, -0.15) is 4.98 Å². The van der Waals surface area contributed by atoms with Crippen molar-refractivity contribution in [2.24, 2.45) is 0 Å². The summed E-state index contributed by atoms with van der Waals surface area (Å²) in [6.07, 6.45) is 1.90. The zero-order chi connectivity index (χ0) is 14.1. The van der Waals surface area contributed by atoms with E-state index >= 15 is 0 Å². The summed E-state index contributed by atoms with van der Waals surface area (Å²) in [5.41, 5.74) is 0. The molecule has 7 heteroatoms. The smallest absolute Gasteiger partial charge is 0.225 e. The third kappa shape index (κ3) is 2.46. The number of hydrogen-bond acceptors (Lipinski definition) is 7. The first-order chi connectivity index (χ1) is 9.67. The lowest BCUT2D eigenvalue weighted by Crippen LogP contribution is -2.09. The Morgan fingerprint density at radius 2 is 2.15 bits per heavy atom. The first kappa shape index (κ1) is 13.3. The van der Waals surface area contributed by atoms with Crippen molar-refractivity contribution in [3.05, 3.63) is 27.5 Å². The van der Waals surface area contributed by atoms with Gasteiger partial charge in [-0.15, -0.1) is 22.7 Å². The minimum atomic E-state index is 0.122. The van der Waals surface area contributed by atoms with Gasteiger partial charge in [-0.25, -0.2) is 9.97 Å². The van der Waals surface area contributed by atoms with Gasteiger partial charge in [-0.3, -0.25) is 0 Å². The molecule has 0 aliphatic heterocycles. The van der Waals surface area contributed by atoms with Crippen molar-refractivity contribution in [1.29, 1.82) is 0 Å². The number of aryl methyl sites for hydroxylation is 1. The fourth-order valence-corrected chi connectivity index (χ4v) is 3.46. The van der Waals surface area contributed by atoms with Crippen LogP contribution in [0.3, 0.4) is 0 Å². The Morgan fingerprint density at radius 3 is 2.85 bits per heavy atom. The van der Waals surface area contributed by atoms with Crippen molar-refractivity contribution in [3.63, 3.8) is 0 Å². The van der Waals surface area contributed by atoms with Gasteiger partial charge in [-0.1, -0.05) is 0 Å². The average molecular weight is 305 g/mol. The van der Waals surface area contributed by atoms with Crippen LogP contribution in [0.5, 0.6) is 0 Å². The molecule has 2 N–H and O–H groups in total.